The molecule has 5 aromatic rings. The van der Waals surface area contributed by atoms with Gasteiger partial charge in [0.1, 0.15) is 5.82 Å². The van der Waals surface area contributed by atoms with E-state index in [1.807, 2.05) is 20.8 Å². The zero-order valence-electron chi connectivity index (χ0n) is 26.1. The van der Waals surface area contributed by atoms with Gasteiger partial charge in [-0.15, -0.1) is 20.0 Å². The number of thiazole rings is 1. The Bertz CT molecular complexity index is 2050. The molecule has 0 aliphatic rings. The lowest BCUT2D eigenvalue weighted by molar-refractivity contribution is 0.554. The minimum Gasteiger partial charge on any atom is -0.310 e. The summed E-state index contributed by atoms with van der Waals surface area (Å²) in [5, 5.41) is 24.3. The first-order valence-electron chi connectivity index (χ1n) is 14.0. The van der Waals surface area contributed by atoms with E-state index < -0.39 is 15.3 Å². The van der Waals surface area contributed by atoms with E-state index in [9.17, 15) is 8.42 Å². The number of benzene rings is 1. The fraction of sp³-hybridized carbons (Fsp3) is 0.483. The number of fused-ring (bicyclic) bond motifs is 2. The van der Waals surface area contributed by atoms with Crippen LogP contribution in [0.25, 0.3) is 25.8 Å². The third kappa shape index (κ3) is 5.36. The van der Waals surface area contributed by atoms with E-state index in [1.54, 1.807) is 16.8 Å². The van der Waals surface area contributed by atoms with E-state index in [-0.39, 0.29) is 27.7 Å². The van der Waals surface area contributed by atoms with Gasteiger partial charge in [0, 0.05) is 24.1 Å². The Morgan fingerprint density at radius 1 is 1.02 bits per heavy atom. The Balaban J connectivity index is 1.77. The Hall–Kier alpha value is -3.96. The minimum absolute atomic E-state index is 0.177. The minimum atomic E-state index is -3.39. The van der Waals surface area contributed by atoms with Crippen molar-refractivity contribution in [1.29, 1.82) is 0 Å². The molecule has 0 saturated heterocycles. The molecule has 0 spiro atoms. The van der Waals surface area contributed by atoms with Crippen LogP contribution in [0, 0.1) is 6.57 Å². The monoisotopic (exact) mass is 620 g/mol. The van der Waals surface area contributed by atoms with Crippen LogP contribution in [-0.4, -0.2) is 48.8 Å². The van der Waals surface area contributed by atoms with Gasteiger partial charge in [0.2, 0.25) is 5.13 Å². The molecular formula is C29H36N10O2S2. The highest BCUT2D eigenvalue weighted by molar-refractivity contribution is 7.90. The highest BCUT2D eigenvalue weighted by atomic mass is 32.2. The molecule has 0 aliphatic heterocycles. The van der Waals surface area contributed by atoms with E-state index in [0.29, 0.717) is 33.3 Å². The van der Waals surface area contributed by atoms with Crippen LogP contribution in [0.1, 0.15) is 85.4 Å². The SMILES string of the molecule is [C-]#[N+]c1c(C(C)(C)C)nn(-c2nc3ccc(S(C)(=O)=O)cc3s2)c1N=Nc1c(C(C)(C)C)nn2nc(C(C)C)n(CC)c12. The van der Waals surface area contributed by atoms with Crippen molar-refractivity contribution in [2.24, 2.45) is 10.2 Å². The first-order chi connectivity index (χ1) is 20.0. The second kappa shape index (κ2) is 10.3. The van der Waals surface area contributed by atoms with Crippen molar-refractivity contribution in [1.82, 2.24) is 34.2 Å². The van der Waals surface area contributed by atoms with E-state index in [2.05, 4.69) is 51.0 Å². The van der Waals surface area contributed by atoms with Crippen LogP contribution >= 0.6 is 11.3 Å². The van der Waals surface area contributed by atoms with Crippen molar-refractivity contribution in [3.8, 4) is 5.13 Å². The summed E-state index contributed by atoms with van der Waals surface area (Å²) in [6.07, 6.45) is 1.17. The summed E-state index contributed by atoms with van der Waals surface area (Å²) in [5.41, 5.74) is 2.68. The number of aromatic nitrogens is 7. The maximum atomic E-state index is 12.2. The molecule has 0 unspecified atom stereocenters. The average Bonchev–Trinajstić information content (AvgIpc) is 3.64. The number of aryl methyl sites for hydroxylation is 1. The van der Waals surface area contributed by atoms with Crippen LogP contribution in [0.2, 0.25) is 0 Å². The number of sulfone groups is 1. The molecule has 0 radical (unpaired) electrons. The van der Waals surface area contributed by atoms with Crippen molar-refractivity contribution >= 4 is 54.2 Å². The van der Waals surface area contributed by atoms with E-state index in [0.717, 1.165) is 17.2 Å². The Morgan fingerprint density at radius 2 is 1.70 bits per heavy atom. The molecule has 5 rings (SSSR count). The van der Waals surface area contributed by atoms with Crippen molar-refractivity contribution in [2.45, 2.75) is 90.5 Å². The lowest BCUT2D eigenvalue weighted by Gasteiger charge is -2.16. The molecule has 43 heavy (non-hydrogen) atoms. The van der Waals surface area contributed by atoms with Gasteiger partial charge in [-0.2, -0.15) is 14.9 Å². The fourth-order valence-corrected chi connectivity index (χ4v) is 6.52. The quantitative estimate of drug-likeness (QED) is 0.143. The summed E-state index contributed by atoms with van der Waals surface area (Å²) in [7, 11) is -3.39. The van der Waals surface area contributed by atoms with Gasteiger partial charge in [-0.05, 0) is 30.5 Å². The smallest absolute Gasteiger partial charge is 0.255 e. The summed E-state index contributed by atoms with van der Waals surface area (Å²) in [6.45, 7) is 27.1. The van der Waals surface area contributed by atoms with Gasteiger partial charge in [0.25, 0.3) is 5.69 Å². The molecule has 12 nitrogen and oxygen atoms in total. The lowest BCUT2D eigenvalue weighted by atomic mass is 9.91. The summed E-state index contributed by atoms with van der Waals surface area (Å²) < 4.78 is 30.3. The van der Waals surface area contributed by atoms with Gasteiger partial charge in [0.05, 0.1) is 33.1 Å². The number of nitrogens with zero attached hydrogens (tertiary/aromatic N) is 10. The number of hydrogen-bond acceptors (Lipinski definition) is 9. The number of hydrogen-bond donors (Lipinski definition) is 0. The molecule has 0 N–H and O–H groups in total. The van der Waals surface area contributed by atoms with Crippen LogP contribution in [0.15, 0.2) is 33.3 Å². The summed E-state index contributed by atoms with van der Waals surface area (Å²) in [6, 6.07) is 4.82. The van der Waals surface area contributed by atoms with Gasteiger partial charge < -0.3 is 4.57 Å². The summed E-state index contributed by atoms with van der Waals surface area (Å²) in [5.74, 6) is 1.32. The van der Waals surface area contributed by atoms with Crippen LogP contribution in [0.5, 0.6) is 0 Å². The van der Waals surface area contributed by atoms with Crippen LogP contribution in [0.3, 0.4) is 0 Å². The molecule has 0 aliphatic carbocycles. The molecule has 0 amide bonds. The van der Waals surface area contributed by atoms with Crippen molar-refractivity contribution < 1.29 is 8.42 Å². The largest absolute Gasteiger partial charge is 0.310 e. The predicted octanol–water partition coefficient (Wildman–Crippen LogP) is 7.43. The summed E-state index contributed by atoms with van der Waals surface area (Å²) >= 11 is 1.27. The van der Waals surface area contributed by atoms with Crippen LogP contribution < -0.4 is 0 Å². The standard InChI is InChI=1S/C29H36N10O2S2/c1-12-37-24(16(2)3)36-39-26(37)21(23(35-39)29(7,8)9)32-33-25-20(30-10)22(28(4,5)6)34-38(25)27-31-18-14-13-17(43(11,40)41)15-19(18)42-27/h13-16H,12H2,1-9,11H3. The zero-order chi connectivity index (χ0) is 31.6. The summed E-state index contributed by atoms with van der Waals surface area (Å²) in [4.78, 5) is 8.79. The molecule has 226 valence electrons. The van der Waals surface area contributed by atoms with Crippen LogP contribution in [0.4, 0.5) is 17.2 Å². The number of rotatable bonds is 6. The van der Waals surface area contributed by atoms with E-state index in [1.165, 1.54) is 28.3 Å². The van der Waals surface area contributed by atoms with Crippen molar-refractivity contribution in [3.63, 3.8) is 0 Å². The molecule has 4 heterocycles. The maximum absolute atomic E-state index is 12.2. The molecule has 1 aromatic carbocycles. The Labute approximate surface area is 255 Å². The van der Waals surface area contributed by atoms with Crippen molar-refractivity contribution in [2.75, 3.05) is 6.26 Å². The molecule has 4 aromatic heterocycles. The maximum Gasteiger partial charge on any atom is 0.255 e. The number of azo groups is 1. The van der Waals surface area contributed by atoms with Gasteiger partial charge in [-0.25, -0.2) is 18.2 Å². The van der Waals surface area contributed by atoms with E-state index >= 15 is 0 Å². The second-order valence-electron chi connectivity index (χ2n) is 12.9. The van der Waals surface area contributed by atoms with Crippen molar-refractivity contribution in [3.05, 3.63) is 46.8 Å². The topological polar surface area (TPSA) is 129 Å². The van der Waals surface area contributed by atoms with Gasteiger partial charge in [-0.3, -0.25) is 0 Å². The third-order valence-electron chi connectivity index (χ3n) is 6.95. The predicted molar refractivity (Wildman–Crippen MR) is 168 cm³/mol. The van der Waals surface area contributed by atoms with Gasteiger partial charge >= 0.3 is 0 Å². The lowest BCUT2D eigenvalue weighted by Crippen LogP contribution is -2.13. The molecular weight excluding hydrogens is 585 g/mol. The van der Waals surface area contributed by atoms with Gasteiger partial charge in [0.15, 0.2) is 27.0 Å². The second-order valence-corrected chi connectivity index (χ2v) is 15.9. The zero-order valence-corrected chi connectivity index (χ0v) is 27.8. The first kappa shape index (κ1) is 30.5. The molecule has 0 saturated carbocycles. The third-order valence-corrected chi connectivity index (χ3v) is 9.06. The van der Waals surface area contributed by atoms with Gasteiger partial charge in [-0.1, -0.05) is 66.7 Å². The highest BCUT2D eigenvalue weighted by Gasteiger charge is 2.31. The Morgan fingerprint density at radius 3 is 2.26 bits per heavy atom. The first-order valence-corrected chi connectivity index (χ1v) is 16.7. The highest BCUT2D eigenvalue weighted by Crippen LogP contribution is 2.43. The van der Waals surface area contributed by atoms with Crippen LogP contribution in [-0.2, 0) is 27.2 Å². The Kier molecular flexibility index (Phi) is 7.33. The molecule has 14 heteroatoms. The van der Waals surface area contributed by atoms with E-state index in [4.69, 9.17) is 37.1 Å². The fourth-order valence-electron chi connectivity index (χ4n) is 4.83. The normalized spacial score (nSPS) is 13.3. The molecule has 0 atom stereocenters. The molecule has 0 bridgehead atoms. The molecule has 0 fully saturated rings. The average molecular weight is 621 g/mol.